The van der Waals surface area contributed by atoms with Gasteiger partial charge in [0.1, 0.15) is 11.5 Å². The summed E-state index contributed by atoms with van der Waals surface area (Å²) in [5.41, 5.74) is 2.82. The smallest absolute Gasteiger partial charge is 0.255 e. The lowest BCUT2D eigenvalue weighted by atomic mass is 9.91. The Morgan fingerprint density at radius 1 is 1.31 bits per heavy atom. The minimum atomic E-state index is 0.118. The third kappa shape index (κ3) is 3.39. The van der Waals surface area contributed by atoms with Crippen molar-refractivity contribution in [2.75, 3.05) is 26.8 Å². The van der Waals surface area contributed by atoms with Crippen molar-refractivity contribution in [1.82, 2.24) is 9.88 Å². The van der Waals surface area contributed by atoms with Crippen LogP contribution >= 0.6 is 0 Å². The minimum absolute atomic E-state index is 0.118. The van der Waals surface area contributed by atoms with E-state index in [2.05, 4.69) is 11.1 Å². The van der Waals surface area contributed by atoms with Crippen molar-refractivity contribution in [2.24, 2.45) is 5.92 Å². The predicted molar refractivity (Wildman–Crippen MR) is 98.8 cm³/mol. The molecule has 1 amide bonds. The Balaban J connectivity index is 1.50. The topological polar surface area (TPSA) is 51.7 Å². The molecule has 0 unspecified atom stereocenters. The molecule has 5 nitrogen and oxygen atoms in total. The molecule has 1 saturated heterocycles. The van der Waals surface area contributed by atoms with Gasteiger partial charge in [-0.15, -0.1) is 0 Å². The summed E-state index contributed by atoms with van der Waals surface area (Å²) < 4.78 is 11.2. The van der Waals surface area contributed by atoms with Crippen molar-refractivity contribution in [2.45, 2.75) is 25.7 Å². The number of pyridine rings is 1. The molecule has 136 valence electrons. The maximum absolute atomic E-state index is 12.8. The average molecular weight is 352 g/mol. The van der Waals surface area contributed by atoms with Crippen LogP contribution in [0.15, 0.2) is 36.5 Å². The molecule has 4 rings (SSSR count). The number of carbonyl (C=O) groups excluding carboxylic acids is 1. The second-order valence-electron chi connectivity index (χ2n) is 7.06. The van der Waals surface area contributed by atoms with Crippen LogP contribution < -0.4 is 9.47 Å². The highest BCUT2D eigenvalue weighted by atomic mass is 16.5. The van der Waals surface area contributed by atoms with E-state index < -0.39 is 0 Å². The summed E-state index contributed by atoms with van der Waals surface area (Å²) in [4.78, 5) is 19.3. The van der Waals surface area contributed by atoms with Crippen LogP contribution in [0.2, 0.25) is 0 Å². The molecular weight excluding hydrogens is 328 g/mol. The van der Waals surface area contributed by atoms with E-state index in [4.69, 9.17) is 9.47 Å². The normalized spacial score (nSPS) is 19.0. The van der Waals surface area contributed by atoms with E-state index in [1.54, 1.807) is 13.3 Å². The highest BCUT2D eigenvalue weighted by molar-refractivity contribution is 5.95. The van der Waals surface area contributed by atoms with Crippen LogP contribution in [0.1, 0.15) is 34.5 Å². The van der Waals surface area contributed by atoms with Crippen LogP contribution in [0.5, 0.6) is 11.5 Å². The fourth-order valence-electron chi connectivity index (χ4n) is 3.83. The number of carbonyl (C=O) groups is 1. The van der Waals surface area contributed by atoms with Crippen LogP contribution in [0.4, 0.5) is 0 Å². The van der Waals surface area contributed by atoms with E-state index in [0.717, 1.165) is 61.5 Å². The fraction of sp³-hybridized carbons (Fsp3) is 0.429. The summed E-state index contributed by atoms with van der Waals surface area (Å²) in [6.45, 7) is 2.35. The molecule has 0 bridgehead atoms. The zero-order valence-electron chi connectivity index (χ0n) is 15.1. The maximum Gasteiger partial charge on any atom is 0.255 e. The summed E-state index contributed by atoms with van der Waals surface area (Å²) in [7, 11) is 1.66. The number of amides is 1. The quantitative estimate of drug-likeness (QED) is 0.848. The Hall–Kier alpha value is -2.56. The SMILES string of the molecule is COc1ccc2c(c1)OC[C@H](Cc1ncccc1C(=O)N1CCCC1)C2. The van der Waals surface area contributed by atoms with Crippen LogP contribution in [-0.2, 0) is 12.8 Å². The molecule has 0 aliphatic carbocycles. The molecule has 2 aromatic rings. The molecule has 0 N–H and O–H groups in total. The first-order valence-electron chi connectivity index (χ1n) is 9.27. The molecule has 0 radical (unpaired) electrons. The lowest BCUT2D eigenvalue weighted by molar-refractivity contribution is 0.0790. The van der Waals surface area contributed by atoms with Gasteiger partial charge in [0, 0.05) is 31.3 Å². The third-order valence-electron chi connectivity index (χ3n) is 5.25. The minimum Gasteiger partial charge on any atom is -0.497 e. The Kier molecular flexibility index (Phi) is 4.78. The standard InChI is InChI=1S/C21H24N2O3/c1-25-17-7-6-16-11-15(14-26-20(16)13-17)12-19-18(5-4-8-22-19)21(24)23-9-2-3-10-23/h4-8,13,15H,2-3,9-12,14H2,1H3/t15-/m0/s1. The van der Waals surface area contributed by atoms with Gasteiger partial charge in [-0.25, -0.2) is 0 Å². The first-order chi connectivity index (χ1) is 12.7. The van der Waals surface area contributed by atoms with E-state index >= 15 is 0 Å². The number of hydrogen-bond donors (Lipinski definition) is 0. The van der Waals surface area contributed by atoms with Crippen molar-refractivity contribution in [3.63, 3.8) is 0 Å². The molecule has 1 atom stereocenters. The number of fused-ring (bicyclic) bond motifs is 1. The first kappa shape index (κ1) is 16.9. The van der Waals surface area contributed by atoms with Gasteiger partial charge in [-0.3, -0.25) is 9.78 Å². The Labute approximate surface area is 153 Å². The highest BCUT2D eigenvalue weighted by Crippen LogP contribution is 2.32. The van der Waals surface area contributed by atoms with Crippen LogP contribution in [0.3, 0.4) is 0 Å². The summed E-state index contributed by atoms with van der Waals surface area (Å²) in [6.07, 6.45) is 5.64. The van der Waals surface area contributed by atoms with Crippen molar-refractivity contribution in [3.8, 4) is 11.5 Å². The van der Waals surface area contributed by atoms with E-state index in [1.165, 1.54) is 5.56 Å². The van der Waals surface area contributed by atoms with Gasteiger partial charge in [-0.2, -0.15) is 0 Å². The Bertz CT molecular complexity index is 800. The molecule has 3 heterocycles. The van der Waals surface area contributed by atoms with Gasteiger partial charge in [-0.1, -0.05) is 6.07 Å². The molecule has 1 aromatic heterocycles. The lowest BCUT2D eigenvalue weighted by Gasteiger charge is -2.26. The average Bonchev–Trinajstić information content (AvgIpc) is 3.22. The number of nitrogens with zero attached hydrogens (tertiary/aromatic N) is 2. The van der Waals surface area contributed by atoms with Gasteiger partial charge in [0.25, 0.3) is 5.91 Å². The molecule has 0 saturated carbocycles. The van der Waals surface area contributed by atoms with Crippen molar-refractivity contribution >= 4 is 5.91 Å². The third-order valence-corrected chi connectivity index (χ3v) is 5.25. The molecule has 26 heavy (non-hydrogen) atoms. The molecule has 2 aliphatic rings. The molecule has 5 heteroatoms. The van der Waals surface area contributed by atoms with E-state index in [-0.39, 0.29) is 5.91 Å². The van der Waals surface area contributed by atoms with Crippen molar-refractivity contribution in [3.05, 3.63) is 53.3 Å². The molecular formula is C21H24N2O3. The van der Waals surface area contributed by atoms with Gasteiger partial charge in [0.2, 0.25) is 0 Å². The zero-order valence-corrected chi connectivity index (χ0v) is 15.1. The number of rotatable bonds is 4. The van der Waals surface area contributed by atoms with Crippen molar-refractivity contribution < 1.29 is 14.3 Å². The number of aromatic nitrogens is 1. The molecule has 2 aliphatic heterocycles. The lowest BCUT2D eigenvalue weighted by Crippen LogP contribution is -2.30. The summed E-state index contributed by atoms with van der Waals surface area (Å²) in [6, 6.07) is 9.73. The summed E-state index contributed by atoms with van der Waals surface area (Å²) in [5.74, 6) is 2.14. The second-order valence-corrected chi connectivity index (χ2v) is 7.06. The molecule has 0 spiro atoms. The van der Waals surface area contributed by atoms with E-state index in [1.807, 2.05) is 29.2 Å². The monoisotopic (exact) mass is 352 g/mol. The maximum atomic E-state index is 12.8. The van der Waals surface area contributed by atoms with Crippen LogP contribution in [0.25, 0.3) is 0 Å². The highest BCUT2D eigenvalue weighted by Gasteiger charge is 2.26. The number of ether oxygens (including phenoxy) is 2. The largest absolute Gasteiger partial charge is 0.497 e. The first-order valence-corrected chi connectivity index (χ1v) is 9.27. The van der Waals surface area contributed by atoms with Crippen molar-refractivity contribution in [1.29, 1.82) is 0 Å². The van der Waals surface area contributed by atoms with E-state index in [9.17, 15) is 4.79 Å². The second kappa shape index (κ2) is 7.36. The number of hydrogen-bond acceptors (Lipinski definition) is 4. The summed E-state index contributed by atoms with van der Waals surface area (Å²) >= 11 is 0. The van der Waals surface area contributed by atoms with Gasteiger partial charge in [0.15, 0.2) is 0 Å². The number of likely N-dealkylation sites (tertiary alicyclic amines) is 1. The number of benzene rings is 1. The Morgan fingerprint density at radius 2 is 2.15 bits per heavy atom. The summed E-state index contributed by atoms with van der Waals surface area (Å²) in [5, 5.41) is 0. The van der Waals surface area contributed by atoms with Gasteiger partial charge in [0.05, 0.1) is 25.0 Å². The molecule has 1 aromatic carbocycles. The number of methoxy groups -OCH3 is 1. The van der Waals surface area contributed by atoms with Gasteiger partial charge in [-0.05, 0) is 49.4 Å². The van der Waals surface area contributed by atoms with Crippen LogP contribution in [0, 0.1) is 5.92 Å². The fourth-order valence-corrected chi connectivity index (χ4v) is 3.83. The van der Waals surface area contributed by atoms with Crippen LogP contribution in [-0.4, -0.2) is 42.6 Å². The van der Waals surface area contributed by atoms with Gasteiger partial charge < -0.3 is 14.4 Å². The van der Waals surface area contributed by atoms with Gasteiger partial charge >= 0.3 is 0 Å². The predicted octanol–water partition coefficient (Wildman–Crippen LogP) is 3.12. The zero-order chi connectivity index (χ0) is 17.9. The van der Waals surface area contributed by atoms with E-state index in [0.29, 0.717) is 12.5 Å². The Morgan fingerprint density at radius 3 is 2.96 bits per heavy atom. The molecule has 1 fully saturated rings.